The van der Waals surface area contributed by atoms with Crippen LogP contribution in [0, 0.1) is 5.92 Å². The van der Waals surface area contributed by atoms with Gasteiger partial charge in [-0.1, -0.05) is 6.92 Å². The number of hydrogen-bond acceptors (Lipinski definition) is 17. The van der Waals surface area contributed by atoms with Crippen LogP contribution in [0.5, 0.6) is 0 Å². The number of alkyl halides is 2. The number of phosphoric ester groups is 1. The van der Waals surface area contributed by atoms with Gasteiger partial charge in [-0.2, -0.15) is 13.8 Å². The van der Waals surface area contributed by atoms with Crippen molar-refractivity contribution in [3.8, 4) is 0 Å². The number of aliphatic hydroxyl groups is 1. The summed E-state index contributed by atoms with van der Waals surface area (Å²) in [4.78, 5) is 83.8. The van der Waals surface area contributed by atoms with Gasteiger partial charge in [0, 0.05) is 37.9 Å². The van der Waals surface area contributed by atoms with Crippen molar-refractivity contribution in [2.24, 2.45) is 5.92 Å². The molecule has 1 aromatic heterocycles. The molecule has 0 radical (unpaired) electrons. The summed E-state index contributed by atoms with van der Waals surface area (Å²) >= 11 is 0. The normalized spacial score (nSPS) is 19.8. The maximum atomic E-state index is 14.6. The molecule has 2 rings (SSSR count). The Labute approximate surface area is 289 Å². The summed E-state index contributed by atoms with van der Waals surface area (Å²) in [5.74, 6) is -7.84. The Bertz CT molecular complexity index is 1460. The SMILES string of the molecule is CC(=O)CCOCCOCCC(=O)C[C@H](C)C(=O)NCCC(=O)OCC(=O)OCOP(=O)(O)OC[C@H]1O[C@@H](n2ccc(N)nc2=O)C(F)(F)[C@@H]1O. The lowest BCUT2D eigenvalue weighted by Crippen LogP contribution is -2.41. The van der Waals surface area contributed by atoms with Gasteiger partial charge in [0.2, 0.25) is 18.9 Å². The number of aromatic nitrogens is 2. The van der Waals surface area contributed by atoms with Gasteiger partial charge in [0.1, 0.15) is 23.5 Å². The van der Waals surface area contributed by atoms with E-state index < -0.39 is 81.6 Å². The summed E-state index contributed by atoms with van der Waals surface area (Å²) in [6.07, 6.45) is -6.01. The number of rotatable bonds is 24. The van der Waals surface area contributed by atoms with Crippen molar-refractivity contribution in [1.29, 1.82) is 0 Å². The number of anilines is 1. The number of nitrogens with two attached hydrogens (primary N) is 1. The number of phosphoric acid groups is 1. The molecule has 0 aromatic carbocycles. The number of aliphatic hydroxyl groups excluding tert-OH is 1. The van der Waals surface area contributed by atoms with Crippen LogP contribution in [-0.4, -0.2) is 120 Å². The molecule has 1 saturated heterocycles. The Kier molecular flexibility index (Phi) is 17.8. The molecule has 2 heterocycles. The second-order valence-electron chi connectivity index (χ2n) is 11.0. The number of halogens is 2. The monoisotopic (exact) mass is 758 g/mol. The first-order chi connectivity index (χ1) is 23.9. The Morgan fingerprint density at radius 1 is 1.08 bits per heavy atom. The van der Waals surface area contributed by atoms with Crippen molar-refractivity contribution in [3.63, 3.8) is 0 Å². The fraction of sp³-hybridized carbons (Fsp3) is 0.679. The number of esters is 2. The number of Topliss-reactive ketones (excluding diaryl/α,β-unsaturated/α-hetero) is 2. The standard InChI is InChI=1S/C28H41F2N4O16P/c1-17(13-19(36)6-10-45-12-11-44-9-5-18(2)35)25(40)32-7-3-22(37)46-15-23(38)47-16-49-51(42,43)48-14-20-24(39)28(29,30)26(50-20)34-8-4-21(31)33-27(34)41/h4,8,17,20,24,26,39H,3,5-7,9-16H2,1-2H3,(H,32,40)(H,42,43)(H2,31,33,41)/t17-,20+,24+,26+/m0/s1. The highest BCUT2D eigenvalue weighted by molar-refractivity contribution is 7.47. The predicted octanol–water partition coefficient (Wildman–Crippen LogP) is -0.599. The number of nitrogens with zero attached hydrogens (tertiary/aromatic N) is 2. The molecular weight excluding hydrogens is 717 g/mol. The minimum Gasteiger partial charge on any atom is -0.454 e. The lowest BCUT2D eigenvalue weighted by Gasteiger charge is -2.20. The summed E-state index contributed by atoms with van der Waals surface area (Å²) in [6, 6.07) is 1.03. The number of nitrogen functional groups attached to an aromatic ring is 1. The molecule has 1 fully saturated rings. The van der Waals surface area contributed by atoms with Crippen LogP contribution in [0.1, 0.15) is 45.8 Å². The fourth-order valence-electron chi connectivity index (χ4n) is 4.05. The summed E-state index contributed by atoms with van der Waals surface area (Å²) in [7, 11) is -5.07. The predicted molar refractivity (Wildman–Crippen MR) is 165 cm³/mol. The van der Waals surface area contributed by atoms with Gasteiger partial charge >= 0.3 is 31.4 Å². The van der Waals surface area contributed by atoms with Crippen LogP contribution in [0.15, 0.2) is 17.1 Å². The van der Waals surface area contributed by atoms with Gasteiger partial charge in [-0.3, -0.25) is 28.3 Å². The lowest BCUT2D eigenvalue weighted by molar-refractivity contribution is -0.163. The number of nitrogens with one attached hydrogen (secondary N) is 1. The van der Waals surface area contributed by atoms with Crippen LogP contribution in [-0.2, 0) is 61.3 Å². The van der Waals surface area contributed by atoms with E-state index in [-0.39, 0.29) is 63.0 Å². The lowest BCUT2D eigenvalue weighted by atomic mass is 10.0. The molecule has 1 aromatic rings. The van der Waals surface area contributed by atoms with E-state index in [0.717, 1.165) is 12.3 Å². The highest BCUT2D eigenvalue weighted by Gasteiger charge is 2.60. The Hall–Kier alpha value is -3.76. The van der Waals surface area contributed by atoms with Gasteiger partial charge in [0.15, 0.2) is 12.7 Å². The molecule has 0 spiro atoms. The first-order valence-corrected chi connectivity index (χ1v) is 16.9. The van der Waals surface area contributed by atoms with Crippen molar-refractivity contribution < 1.29 is 80.1 Å². The van der Waals surface area contributed by atoms with Crippen LogP contribution < -0.4 is 16.7 Å². The van der Waals surface area contributed by atoms with E-state index in [4.69, 9.17) is 19.9 Å². The minimum absolute atomic E-state index is 0.0147. The quantitative estimate of drug-likeness (QED) is 0.0443. The first-order valence-electron chi connectivity index (χ1n) is 15.4. The molecular formula is C28H41F2N4O16P. The first kappa shape index (κ1) is 43.4. The third-order valence-electron chi connectivity index (χ3n) is 6.78. The number of amides is 1. The van der Waals surface area contributed by atoms with E-state index in [1.165, 1.54) is 13.8 Å². The van der Waals surface area contributed by atoms with E-state index >= 15 is 0 Å². The maximum absolute atomic E-state index is 14.6. The molecule has 0 saturated carbocycles. The minimum atomic E-state index is -5.07. The molecule has 288 valence electrons. The topological polar surface area (TPSA) is 280 Å². The van der Waals surface area contributed by atoms with Crippen LogP contribution >= 0.6 is 7.82 Å². The molecule has 1 unspecified atom stereocenters. The highest BCUT2D eigenvalue weighted by Crippen LogP contribution is 2.47. The largest absolute Gasteiger partial charge is 0.475 e. The number of carbonyl (C=O) groups excluding carboxylic acids is 5. The average Bonchev–Trinajstić information content (AvgIpc) is 3.27. The molecule has 51 heavy (non-hydrogen) atoms. The Morgan fingerprint density at radius 3 is 2.39 bits per heavy atom. The van der Waals surface area contributed by atoms with Gasteiger partial charge < -0.3 is 44.7 Å². The van der Waals surface area contributed by atoms with Gasteiger partial charge in [-0.25, -0.2) is 18.7 Å². The van der Waals surface area contributed by atoms with Crippen LogP contribution in [0.3, 0.4) is 0 Å². The van der Waals surface area contributed by atoms with Crippen LogP contribution in [0.2, 0.25) is 0 Å². The Morgan fingerprint density at radius 2 is 1.75 bits per heavy atom. The van der Waals surface area contributed by atoms with Crippen molar-refractivity contribution in [3.05, 3.63) is 22.7 Å². The maximum Gasteiger partial charge on any atom is 0.475 e. The van der Waals surface area contributed by atoms with E-state index in [1.54, 1.807) is 0 Å². The molecule has 1 amide bonds. The summed E-state index contributed by atoms with van der Waals surface area (Å²) in [6.45, 7) is 0.503. The van der Waals surface area contributed by atoms with Crippen molar-refractivity contribution >= 4 is 43.1 Å². The van der Waals surface area contributed by atoms with Crippen LogP contribution in [0.25, 0.3) is 0 Å². The van der Waals surface area contributed by atoms with E-state index in [2.05, 4.69) is 28.8 Å². The van der Waals surface area contributed by atoms with E-state index in [1.807, 2.05) is 0 Å². The third kappa shape index (κ3) is 15.6. The van der Waals surface area contributed by atoms with Gasteiger partial charge in [0.05, 0.1) is 39.5 Å². The van der Waals surface area contributed by atoms with E-state index in [9.17, 15) is 52.1 Å². The molecule has 23 heteroatoms. The number of ketones is 2. The van der Waals surface area contributed by atoms with Crippen molar-refractivity contribution in [2.75, 3.05) is 58.7 Å². The highest BCUT2D eigenvalue weighted by atomic mass is 31.2. The zero-order chi connectivity index (χ0) is 38.2. The molecule has 5 atom stereocenters. The summed E-state index contributed by atoms with van der Waals surface area (Å²) < 4.78 is 75.2. The molecule has 20 nitrogen and oxygen atoms in total. The average molecular weight is 759 g/mol. The van der Waals surface area contributed by atoms with Gasteiger partial charge in [0.25, 0.3) is 0 Å². The number of carbonyl (C=O) groups is 5. The van der Waals surface area contributed by atoms with E-state index in [0.29, 0.717) is 17.6 Å². The van der Waals surface area contributed by atoms with Gasteiger partial charge in [-0.15, -0.1) is 0 Å². The molecule has 0 aliphatic carbocycles. The Balaban J connectivity index is 1.58. The fourth-order valence-corrected chi connectivity index (χ4v) is 4.65. The second kappa shape index (κ2) is 20.9. The third-order valence-corrected chi connectivity index (χ3v) is 7.68. The summed E-state index contributed by atoms with van der Waals surface area (Å²) in [5, 5.41) is 12.4. The second-order valence-corrected chi connectivity index (χ2v) is 12.4. The molecule has 1 aliphatic rings. The molecule has 1 aliphatic heterocycles. The van der Waals surface area contributed by atoms with Gasteiger partial charge in [-0.05, 0) is 13.0 Å². The smallest absolute Gasteiger partial charge is 0.454 e. The molecule has 5 N–H and O–H groups in total. The van der Waals surface area contributed by atoms with Crippen LogP contribution in [0.4, 0.5) is 14.6 Å². The van der Waals surface area contributed by atoms with Crippen molar-refractivity contribution in [2.45, 2.75) is 63.9 Å². The summed E-state index contributed by atoms with van der Waals surface area (Å²) in [5.41, 5.74) is 4.12. The zero-order valence-electron chi connectivity index (χ0n) is 27.7. The number of ether oxygens (including phenoxy) is 5. The molecule has 0 bridgehead atoms. The van der Waals surface area contributed by atoms with Crippen molar-refractivity contribution in [1.82, 2.24) is 14.9 Å². The zero-order valence-corrected chi connectivity index (χ0v) is 28.6. The number of hydrogen-bond donors (Lipinski definition) is 4.